The van der Waals surface area contributed by atoms with Gasteiger partial charge in [0.2, 0.25) is 0 Å². The minimum Gasteiger partial charge on any atom is -0.491 e. The number of alkyl halides is 2. The third-order valence-corrected chi connectivity index (χ3v) is 4.39. The number of halogens is 3. The van der Waals surface area contributed by atoms with Crippen molar-refractivity contribution in [3.63, 3.8) is 0 Å². The lowest BCUT2D eigenvalue weighted by atomic mass is 9.82. The summed E-state index contributed by atoms with van der Waals surface area (Å²) in [6.07, 6.45) is 6.82. The Balaban J connectivity index is 2.17. The molecule has 0 aliphatic heterocycles. The van der Waals surface area contributed by atoms with Gasteiger partial charge in [-0.1, -0.05) is 24.3 Å². The molecule has 1 aromatic carbocycles. The van der Waals surface area contributed by atoms with Crippen LogP contribution in [0.25, 0.3) is 6.08 Å². The van der Waals surface area contributed by atoms with Crippen molar-refractivity contribution < 1.29 is 17.9 Å². The fraction of sp³-hybridized carbons (Fsp3) is 0.474. The first-order valence-electron chi connectivity index (χ1n) is 8.10. The summed E-state index contributed by atoms with van der Waals surface area (Å²) in [7, 11) is 0. The van der Waals surface area contributed by atoms with Gasteiger partial charge in [-0.15, -0.1) is 6.58 Å². The first-order valence-corrected chi connectivity index (χ1v) is 8.10. The van der Waals surface area contributed by atoms with E-state index in [0.29, 0.717) is 11.8 Å². The average molecular weight is 324 g/mol. The maximum absolute atomic E-state index is 14.2. The summed E-state index contributed by atoms with van der Waals surface area (Å²) in [5, 5.41) is 0. The molecule has 0 radical (unpaired) electrons. The number of rotatable bonds is 6. The highest BCUT2D eigenvalue weighted by molar-refractivity contribution is 5.57. The number of hydrogen-bond donors (Lipinski definition) is 0. The first-order chi connectivity index (χ1) is 11.1. The fourth-order valence-electron chi connectivity index (χ4n) is 3.03. The van der Waals surface area contributed by atoms with Gasteiger partial charge in [0.1, 0.15) is 0 Å². The number of hydrogen-bond acceptors (Lipinski definition) is 1. The van der Waals surface area contributed by atoms with Crippen LogP contribution in [0.1, 0.15) is 50.2 Å². The predicted octanol–water partition coefficient (Wildman–Crippen LogP) is 6.17. The summed E-state index contributed by atoms with van der Waals surface area (Å²) >= 11 is 0. The topological polar surface area (TPSA) is 9.23 Å². The Kier molecular flexibility index (Phi) is 6.31. The molecule has 0 saturated heterocycles. The third-order valence-electron chi connectivity index (χ3n) is 4.39. The van der Waals surface area contributed by atoms with Crippen LogP contribution in [0.5, 0.6) is 5.75 Å². The molecule has 0 aromatic heterocycles. The first kappa shape index (κ1) is 17.6. The van der Waals surface area contributed by atoms with Gasteiger partial charge in [-0.05, 0) is 56.1 Å². The minimum absolute atomic E-state index is 0.119. The molecule has 2 rings (SSSR count). The van der Waals surface area contributed by atoms with Crippen LogP contribution in [0.4, 0.5) is 13.2 Å². The predicted molar refractivity (Wildman–Crippen MR) is 87.2 cm³/mol. The lowest BCUT2D eigenvalue weighted by molar-refractivity contribution is 0.144. The van der Waals surface area contributed by atoms with Crippen molar-refractivity contribution in [3.8, 4) is 5.75 Å². The maximum atomic E-state index is 14.2. The molecule has 0 heterocycles. The van der Waals surface area contributed by atoms with Crippen LogP contribution in [-0.4, -0.2) is 6.61 Å². The van der Waals surface area contributed by atoms with Crippen LogP contribution < -0.4 is 4.74 Å². The van der Waals surface area contributed by atoms with E-state index in [1.54, 1.807) is 13.0 Å². The Labute approximate surface area is 135 Å². The summed E-state index contributed by atoms with van der Waals surface area (Å²) in [6, 6.07) is 2.92. The second-order valence-electron chi connectivity index (χ2n) is 5.88. The van der Waals surface area contributed by atoms with Crippen LogP contribution in [0.3, 0.4) is 0 Å². The Hall–Kier alpha value is -1.71. The molecule has 4 heteroatoms. The van der Waals surface area contributed by atoms with Crippen LogP contribution in [0, 0.1) is 17.7 Å². The fourth-order valence-corrected chi connectivity index (χ4v) is 3.03. The van der Waals surface area contributed by atoms with Crippen molar-refractivity contribution >= 4 is 6.08 Å². The Morgan fingerprint density at radius 2 is 1.87 bits per heavy atom. The van der Waals surface area contributed by atoms with Gasteiger partial charge in [0.25, 0.3) is 6.43 Å². The van der Waals surface area contributed by atoms with Crippen molar-refractivity contribution in [3.05, 3.63) is 47.8 Å². The summed E-state index contributed by atoms with van der Waals surface area (Å²) < 4.78 is 45.7. The quantitative estimate of drug-likeness (QED) is 0.569. The maximum Gasteiger partial charge on any atom is 0.267 e. The molecule has 1 fully saturated rings. The zero-order valence-electron chi connectivity index (χ0n) is 13.4. The van der Waals surface area contributed by atoms with Gasteiger partial charge >= 0.3 is 0 Å². The standard InChI is InChI=1S/C19H23F3O/c1-3-13-5-7-14(8-6-13)9-10-15-11-12-16(23-4-2)18(20)17(15)19(21)22/h3,9-14,19H,1,4-8H2,2H3. The Morgan fingerprint density at radius 1 is 1.22 bits per heavy atom. The lowest BCUT2D eigenvalue weighted by Gasteiger charge is -2.24. The summed E-state index contributed by atoms with van der Waals surface area (Å²) in [4.78, 5) is 0. The highest BCUT2D eigenvalue weighted by Gasteiger charge is 2.22. The van der Waals surface area contributed by atoms with E-state index in [-0.39, 0.29) is 17.9 Å². The number of benzene rings is 1. The van der Waals surface area contributed by atoms with E-state index in [1.807, 2.05) is 12.2 Å². The van der Waals surface area contributed by atoms with E-state index in [9.17, 15) is 13.2 Å². The molecule has 0 unspecified atom stereocenters. The van der Waals surface area contributed by atoms with Gasteiger partial charge in [0.05, 0.1) is 12.2 Å². The molecule has 1 aromatic rings. The van der Waals surface area contributed by atoms with Crippen LogP contribution in [0.2, 0.25) is 0 Å². The van der Waals surface area contributed by atoms with E-state index in [2.05, 4.69) is 6.58 Å². The molecule has 126 valence electrons. The molecule has 1 aliphatic carbocycles. The average Bonchev–Trinajstić information content (AvgIpc) is 2.55. The smallest absolute Gasteiger partial charge is 0.267 e. The van der Waals surface area contributed by atoms with Crippen molar-refractivity contribution in [2.24, 2.45) is 11.8 Å². The van der Waals surface area contributed by atoms with Crippen LogP contribution >= 0.6 is 0 Å². The zero-order chi connectivity index (χ0) is 16.8. The van der Waals surface area contributed by atoms with Crippen molar-refractivity contribution in [2.75, 3.05) is 6.61 Å². The van der Waals surface area contributed by atoms with E-state index in [1.165, 1.54) is 12.1 Å². The van der Waals surface area contributed by atoms with Gasteiger partial charge < -0.3 is 4.74 Å². The molecule has 1 nitrogen and oxygen atoms in total. The molecule has 23 heavy (non-hydrogen) atoms. The Bertz CT molecular complexity index is 558. The minimum atomic E-state index is -2.87. The van der Waals surface area contributed by atoms with Gasteiger partial charge in [-0.3, -0.25) is 0 Å². The van der Waals surface area contributed by atoms with Crippen molar-refractivity contribution in [2.45, 2.75) is 39.0 Å². The number of ether oxygens (including phenoxy) is 1. The highest BCUT2D eigenvalue weighted by Crippen LogP contribution is 2.34. The SMILES string of the molecule is C=CC1CCC(C=Cc2ccc(OCC)c(F)c2C(F)F)CC1. The summed E-state index contributed by atoms with van der Waals surface area (Å²) in [5.74, 6) is -0.170. The second kappa shape index (κ2) is 8.23. The van der Waals surface area contributed by atoms with Crippen molar-refractivity contribution in [1.29, 1.82) is 0 Å². The third kappa shape index (κ3) is 4.40. The molecule has 1 saturated carbocycles. The number of allylic oxidation sites excluding steroid dienone is 2. The lowest BCUT2D eigenvalue weighted by Crippen LogP contribution is -2.10. The summed E-state index contributed by atoms with van der Waals surface area (Å²) in [6.45, 7) is 5.74. The Morgan fingerprint density at radius 3 is 2.43 bits per heavy atom. The molecule has 0 N–H and O–H groups in total. The molecule has 0 bridgehead atoms. The summed E-state index contributed by atoms with van der Waals surface area (Å²) in [5.41, 5.74) is -0.348. The van der Waals surface area contributed by atoms with E-state index in [0.717, 1.165) is 25.7 Å². The second-order valence-corrected chi connectivity index (χ2v) is 5.88. The van der Waals surface area contributed by atoms with E-state index >= 15 is 0 Å². The van der Waals surface area contributed by atoms with Crippen LogP contribution in [-0.2, 0) is 0 Å². The molecule has 0 atom stereocenters. The van der Waals surface area contributed by atoms with E-state index in [4.69, 9.17) is 4.74 Å². The van der Waals surface area contributed by atoms with Gasteiger partial charge in [-0.25, -0.2) is 13.2 Å². The molecule has 0 amide bonds. The molecular formula is C19H23F3O. The van der Waals surface area contributed by atoms with Gasteiger partial charge in [0, 0.05) is 0 Å². The highest BCUT2D eigenvalue weighted by atomic mass is 19.3. The van der Waals surface area contributed by atoms with Crippen molar-refractivity contribution in [1.82, 2.24) is 0 Å². The molecule has 0 spiro atoms. The molecule has 1 aliphatic rings. The van der Waals surface area contributed by atoms with E-state index < -0.39 is 17.8 Å². The monoisotopic (exact) mass is 324 g/mol. The van der Waals surface area contributed by atoms with Gasteiger partial charge in [-0.2, -0.15) is 0 Å². The normalized spacial score (nSPS) is 21.8. The largest absolute Gasteiger partial charge is 0.491 e. The molecular weight excluding hydrogens is 301 g/mol. The van der Waals surface area contributed by atoms with Gasteiger partial charge in [0.15, 0.2) is 11.6 Å². The zero-order valence-corrected chi connectivity index (χ0v) is 13.4. The van der Waals surface area contributed by atoms with Crippen LogP contribution in [0.15, 0.2) is 30.9 Å².